The molecule has 0 amide bonds. The largest absolute Gasteiger partial charge is 0.349 e. The van der Waals surface area contributed by atoms with Crippen LogP contribution in [0.3, 0.4) is 0 Å². The number of nitrogens with zero attached hydrogens (tertiary/aromatic N) is 2. The second kappa shape index (κ2) is 4.48. The van der Waals surface area contributed by atoms with Crippen LogP contribution in [0.5, 0.6) is 0 Å². The summed E-state index contributed by atoms with van der Waals surface area (Å²) in [6.07, 6.45) is 2.10. The molecular weight excluding hydrogens is 210 g/mol. The van der Waals surface area contributed by atoms with Gasteiger partial charge in [0.05, 0.1) is 0 Å². The van der Waals surface area contributed by atoms with Crippen molar-refractivity contribution in [3.63, 3.8) is 0 Å². The average molecular weight is 225 g/mol. The molecule has 1 aromatic heterocycles. The number of hydrogen-bond acceptors (Lipinski definition) is 5. The minimum absolute atomic E-state index is 0.291. The summed E-state index contributed by atoms with van der Waals surface area (Å²) in [4.78, 5) is 26.4. The Balaban J connectivity index is 2.23. The third-order valence-corrected chi connectivity index (χ3v) is 2.82. The van der Waals surface area contributed by atoms with Gasteiger partial charge in [0, 0.05) is 19.1 Å². The van der Waals surface area contributed by atoms with E-state index < -0.39 is 11.2 Å². The molecule has 1 aliphatic heterocycles. The molecule has 88 valence electrons. The summed E-state index contributed by atoms with van der Waals surface area (Å²) in [5.74, 6) is 0.291. The molecule has 16 heavy (non-hydrogen) atoms. The van der Waals surface area contributed by atoms with Crippen molar-refractivity contribution in [1.82, 2.24) is 20.5 Å². The Bertz CT molecular complexity index is 465. The highest BCUT2D eigenvalue weighted by molar-refractivity contribution is 5.35. The van der Waals surface area contributed by atoms with Gasteiger partial charge < -0.3 is 10.2 Å². The second-order valence-corrected chi connectivity index (χ2v) is 3.90. The molecule has 2 rings (SSSR count). The molecule has 0 saturated carbocycles. The van der Waals surface area contributed by atoms with E-state index in [1.54, 1.807) is 0 Å². The first-order chi connectivity index (χ1) is 7.70. The number of anilines is 1. The predicted octanol–water partition coefficient (Wildman–Crippen LogP) is -1.35. The standard InChI is InChI=1S/C9H15N5O2/c1-10-6-3-2-4-14(5-6)7-8(15)11-9(16)13-12-7/h6,10H,2-5H2,1H3,(H2,11,13,15,16). The second-order valence-electron chi connectivity index (χ2n) is 3.90. The molecule has 1 aromatic rings. The first kappa shape index (κ1) is 10.9. The summed E-state index contributed by atoms with van der Waals surface area (Å²) >= 11 is 0. The fraction of sp³-hybridized carbons (Fsp3) is 0.667. The molecule has 0 bridgehead atoms. The Labute approximate surface area is 91.9 Å². The zero-order chi connectivity index (χ0) is 11.5. The summed E-state index contributed by atoms with van der Waals surface area (Å²) in [6.45, 7) is 1.53. The maximum Gasteiger partial charge on any atom is 0.342 e. The summed E-state index contributed by atoms with van der Waals surface area (Å²) in [7, 11) is 1.90. The van der Waals surface area contributed by atoms with Gasteiger partial charge >= 0.3 is 5.69 Å². The molecule has 2 heterocycles. The van der Waals surface area contributed by atoms with Crippen molar-refractivity contribution >= 4 is 5.82 Å². The van der Waals surface area contributed by atoms with Crippen LogP contribution in [0.2, 0.25) is 0 Å². The summed E-state index contributed by atoms with van der Waals surface area (Å²) in [6, 6.07) is 0.363. The van der Waals surface area contributed by atoms with Gasteiger partial charge in [-0.25, -0.2) is 9.89 Å². The quantitative estimate of drug-likeness (QED) is 0.578. The summed E-state index contributed by atoms with van der Waals surface area (Å²) in [5.41, 5.74) is -1.00. The predicted molar refractivity (Wildman–Crippen MR) is 59.8 cm³/mol. The van der Waals surface area contributed by atoms with Crippen molar-refractivity contribution < 1.29 is 0 Å². The lowest BCUT2D eigenvalue weighted by Crippen LogP contribution is -2.47. The Hall–Kier alpha value is -1.63. The number of nitrogens with one attached hydrogen (secondary N) is 3. The molecule has 0 aliphatic carbocycles. The zero-order valence-corrected chi connectivity index (χ0v) is 9.12. The molecule has 0 spiro atoms. The monoisotopic (exact) mass is 225 g/mol. The van der Waals surface area contributed by atoms with Crippen LogP contribution in [-0.2, 0) is 0 Å². The van der Waals surface area contributed by atoms with Crippen molar-refractivity contribution in [2.45, 2.75) is 18.9 Å². The number of hydrogen-bond donors (Lipinski definition) is 3. The van der Waals surface area contributed by atoms with Crippen molar-refractivity contribution in [2.75, 3.05) is 25.0 Å². The summed E-state index contributed by atoms with van der Waals surface area (Å²) < 4.78 is 0. The number of likely N-dealkylation sites (N-methyl/N-ethyl adjacent to an activating group) is 1. The molecule has 7 nitrogen and oxygen atoms in total. The molecular formula is C9H15N5O2. The smallest absolute Gasteiger partial charge is 0.342 e. The molecule has 1 saturated heterocycles. The number of rotatable bonds is 2. The van der Waals surface area contributed by atoms with Gasteiger partial charge in [-0.3, -0.25) is 9.78 Å². The van der Waals surface area contributed by atoms with Crippen LogP contribution in [0, 0.1) is 0 Å². The topological polar surface area (TPSA) is 93.9 Å². The van der Waals surface area contributed by atoms with Crippen LogP contribution in [-0.4, -0.2) is 41.4 Å². The van der Waals surface area contributed by atoms with E-state index in [4.69, 9.17) is 0 Å². The lowest BCUT2D eigenvalue weighted by Gasteiger charge is -2.32. The Morgan fingerprint density at radius 3 is 3.00 bits per heavy atom. The number of aromatic amines is 2. The minimum atomic E-state index is -0.573. The molecule has 0 aromatic carbocycles. The third kappa shape index (κ3) is 2.13. The SMILES string of the molecule is CNC1CCCN(c2n[nH]c(=O)[nH]c2=O)C1. The Morgan fingerprint density at radius 1 is 1.50 bits per heavy atom. The zero-order valence-electron chi connectivity index (χ0n) is 9.12. The maximum atomic E-state index is 11.5. The lowest BCUT2D eigenvalue weighted by atomic mass is 10.1. The Kier molecular flexibility index (Phi) is 3.04. The highest BCUT2D eigenvalue weighted by Crippen LogP contribution is 2.12. The fourth-order valence-electron chi connectivity index (χ4n) is 1.96. The van der Waals surface area contributed by atoms with Gasteiger partial charge in [0.2, 0.25) is 5.82 Å². The number of piperidine rings is 1. The number of aromatic nitrogens is 3. The van der Waals surface area contributed by atoms with Gasteiger partial charge in [0.25, 0.3) is 5.56 Å². The molecule has 0 radical (unpaired) electrons. The van der Waals surface area contributed by atoms with E-state index in [0.717, 1.165) is 25.9 Å². The van der Waals surface area contributed by atoms with E-state index in [1.807, 2.05) is 11.9 Å². The van der Waals surface area contributed by atoms with Gasteiger partial charge in [-0.1, -0.05) is 0 Å². The van der Waals surface area contributed by atoms with E-state index in [0.29, 0.717) is 11.9 Å². The van der Waals surface area contributed by atoms with Crippen LogP contribution >= 0.6 is 0 Å². The maximum absolute atomic E-state index is 11.5. The van der Waals surface area contributed by atoms with E-state index >= 15 is 0 Å². The van der Waals surface area contributed by atoms with Crippen LogP contribution < -0.4 is 21.5 Å². The van der Waals surface area contributed by atoms with Crippen LogP contribution in [0.25, 0.3) is 0 Å². The van der Waals surface area contributed by atoms with E-state index in [1.165, 1.54) is 0 Å². The molecule has 7 heteroatoms. The van der Waals surface area contributed by atoms with E-state index in [9.17, 15) is 9.59 Å². The van der Waals surface area contributed by atoms with Gasteiger partial charge in [-0.2, -0.15) is 0 Å². The fourth-order valence-corrected chi connectivity index (χ4v) is 1.96. The number of H-pyrrole nitrogens is 2. The van der Waals surface area contributed by atoms with Gasteiger partial charge in [0.1, 0.15) is 0 Å². The summed E-state index contributed by atoms with van der Waals surface area (Å²) in [5, 5.41) is 9.22. The highest BCUT2D eigenvalue weighted by Gasteiger charge is 2.21. The van der Waals surface area contributed by atoms with Crippen LogP contribution in [0.1, 0.15) is 12.8 Å². The van der Waals surface area contributed by atoms with E-state index in [2.05, 4.69) is 20.5 Å². The van der Waals surface area contributed by atoms with Crippen molar-refractivity contribution in [3.05, 3.63) is 20.8 Å². The van der Waals surface area contributed by atoms with Gasteiger partial charge in [0.15, 0.2) is 0 Å². The molecule has 1 atom stereocenters. The highest BCUT2D eigenvalue weighted by atomic mass is 16.2. The molecule has 1 fully saturated rings. The lowest BCUT2D eigenvalue weighted by molar-refractivity contribution is 0.445. The molecule has 1 unspecified atom stereocenters. The van der Waals surface area contributed by atoms with Crippen molar-refractivity contribution in [1.29, 1.82) is 0 Å². The third-order valence-electron chi connectivity index (χ3n) is 2.82. The Morgan fingerprint density at radius 2 is 2.31 bits per heavy atom. The van der Waals surface area contributed by atoms with Crippen molar-refractivity contribution in [3.8, 4) is 0 Å². The first-order valence-corrected chi connectivity index (χ1v) is 5.32. The molecule has 1 aliphatic rings. The minimum Gasteiger partial charge on any atom is -0.349 e. The van der Waals surface area contributed by atoms with E-state index in [-0.39, 0.29) is 0 Å². The van der Waals surface area contributed by atoms with Crippen LogP contribution in [0.15, 0.2) is 9.59 Å². The normalized spacial score (nSPS) is 21.1. The average Bonchev–Trinajstić information content (AvgIpc) is 2.29. The molecule has 3 N–H and O–H groups in total. The van der Waals surface area contributed by atoms with Crippen molar-refractivity contribution in [2.24, 2.45) is 0 Å². The van der Waals surface area contributed by atoms with Gasteiger partial charge in [-0.15, -0.1) is 5.10 Å². The van der Waals surface area contributed by atoms with Gasteiger partial charge in [-0.05, 0) is 19.9 Å². The van der Waals surface area contributed by atoms with Crippen LogP contribution in [0.4, 0.5) is 5.82 Å². The first-order valence-electron chi connectivity index (χ1n) is 5.32.